The lowest BCUT2D eigenvalue weighted by Crippen LogP contribution is -2.47. The molecule has 0 amide bonds. The van der Waals surface area contributed by atoms with Crippen LogP contribution in [-0.4, -0.2) is 38.3 Å². The molecule has 1 aromatic rings. The van der Waals surface area contributed by atoms with Gasteiger partial charge >= 0.3 is 0 Å². The van der Waals surface area contributed by atoms with Crippen LogP contribution in [0.4, 0.5) is 0 Å². The van der Waals surface area contributed by atoms with E-state index in [2.05, 4.69) is 30.9 Å². The van der Waals surface area contributed by atoms with Crippen LogP contribution in [-0.2, 0) is 11.3 Å². The van der Waals surface area contributed by atoms with Gasteiger partial charge in [0.1, 0.15) is 5.75 Å². The maximum absolute atomic E-state index is 5.83. The second-order valence-electron chi connectivity index (χ2n) is 7.54. The lowest BCUT2D eigenvalue weighted by molar-refractivity contribution is -0.0366. The number of benzene rings is 1. The summed E-state index contributed by atoms with van der Waals surface area (Å²) < 4.78 is 11.3. The Bertz CT molecular complexity index is 557. The summed E-state index contributed by atoms with van der Waals surface area (Å²) in [6.45, 7) is 7.79. The standard InChI is InChI=1S/C20H31NO2/c1-15-12-18(22-3)16(2)11-17(15)13-21-10-6-9-20(14-21)8-5-7-19(20)23-4/h11-12,19H,5-10,13-14H2,1-4H3/t19-,20-/m1/s1. The number of likely N-dealkylation sites (tertiary alicyclic amines) is 1. The molecule has 3 heteroatoms. The smallest absolute Gasteiger partial charge is 0.122 e. The zero-order chi connectivity index (χ0) is 16.4. The lowest BCUT2D eigenvalue weighted by Gasteiger charge is -2.44. The largest absolute Gasteiger partial charge is 0.496 e. The molecule has 0 radical (unpaired) electrons. The third-order valence-corrected chi connectivity index (χ3v) is 6.04. The first kappa shape index (κ1) is 16.8. The maximum Gasteiger partial charge on any atom is 0.122 e. The van der Waals surface area contributed by atoms with Crippen molar-refractivity contribution < 1.29 is 9.47 Å². The zero-order valence-corrected chi connectivity index (χ0v) is 15.2. The summed E-state index contributed by atoms with van der Waals surface area (Å²) in [5.74, 6) is 0.997. The van der Waals surface area contributed by atoms with Crippen molar-refractivity contribution in [2.75, 3.05) is 27.3 Å². The van der Waals surface area contributed by atoms with Crippen LogP contribution in [0, 0.1) is 19.3 Å². The van der Waals surface area contributed by atoms with Crippen molar-refractivity contribution in [2.24, 2.45) is 5.41 Å². The van der Waals surface area contributed by atoms with Crippen molar-refractivity contribution in [3.05, 3.63) is 28.8 Å². The molecule has 1 aromatic carbocycles. The zero-order valence-electron chi connectivity index (χ0n) is 15.2. The summed E-state index contributed by atoms with van der Waals surface area (Å²) in [6.07, 6.45) is 7.00. The molecule has 3 rings (SSSR count). The molecule has 2 aliphatic rings. The molecule has 1 aliphatic heterocycles. The molecule has 0 bridgehead atoms. The van der Waals surface area contributed by atoms with Gasteiger partial charge in [-0.25, -0.2) is 0 Å². The van der Waals surface area contributed by atoms with E-state index in [1.807, 2.05) is 7.11 Å². The van der Waals surface area contributed by atoms with Crippen molar-refractivity contribution in [3.63, 3.8) is 0 Å². The van der Waals surface area contributed by atoms with Gasteiger partial charge in [-0.3, -0.25) is 4.90 Å². The monoisotopic (exact) mass is 317 g/mol. The van der Waals surface area contributed by atoms with E-state index in [0.29, 0.717) is 11.5 Å². The maximum atomic E-state index is 5.83. The van der Waals surface area contributed by atoms with Gasteiger partial charge < -0.3 is 9.47 Å². The van der Waals surface area contributed by atoms with Crippen molar-refractivity contribution >= 4 is 0 Å². The van der Waals surface area contributed by atoms with Gasteiger partial charge in [0.2, 0.25) is 0 Å². The number of aryl methyl sites for hydroxylation is 2. The first-order chi connectivity index (χ1) is 11.1. The Balaban J connectivity index is 1.74. The van der Waals surface area contributed by atoms with Crippen LogP contribution in [0.1, 0.15) is 48.8 Å². The molecule has 23 heavy (non-hydrogen) atoms. The summed E-state index contributed by atoms with van der Waals surface area (Å²) in [4.78, 5) is 2.65. The fourth-order valence-electron chi connectivity index (χ4n) is 4.82. The molecule has 0 N–H and O–H groups in total. The van der Waals surface area contributed by atoms with Crippen molar-refractivity contribution in [1.82, 2.24) is 4.90 Å². The Morgan fingerprint density at radius 1 is 1.13 bits per heavy atom. The molecular formula is C20H31NO2. The molecule has 0 unspecified atom stereocenters. The van der Waals surface area contributed by atoms with Crippen molar-refractivity contribution in [1.29, 1.82) is 0 Å². The van der Waals surface area contributed by atoms with E-state index in [1.54, 1.807) is 7.11 Å². The number of hydrogen-bond acceptors (Lipinski definition) is 3. The van der Waals surface area contributed by atoms with E-state index < -0.39 is 0 Å². The fourth-order valence-corrected chi connectivity index (χ4v) is 4.82. The average molecular weight is 317 g/mol. The van der Waals surface area contributed by atoms with Gasteiger partial charge in [0.05, 0.1) is 13.2 Å². The number of piperidine rings is 1. The Morgan fingerprint density at radius 3 is 2.65 bits per heavy atom. The quantitative estimate of drug-likeness (QED) is 0.835. The normalized spacial score (nSPS) is 28.4. The third-order valence-electron chi connectivity index (χ3n) is 6.04. The van der Waals surface area contributed by atoms with Gasteiger partial charge in [0.15, 0.2) is 0 Å². The SMILES string of the molecule is COc1cc(C)c(CN2CCC[C@]3(CCC[C@H]3OC)C2)cc1C. The molecule has 128 valence electrons. The first-order valence-electron chi connectivity index (χ1n) is 8.97. The second kappa shape index (κ2) is 6.82. The summed E-state index contributed by atoms with van der Waals surface area (Å²) in [5.41, 5.74) is 4.41. The Kier molecular flexibility index (Phi) is 4.98. The van der Waals surface area contributed by atoms with Crippen LogP contribution in [0.2, 0.25) is 0 Å². The molecule has 1 spiro atoms. The van der Waals surface area contributed by atoms with Crippen LogP contribution in [0.15, 0.2) is 12.1 Å². The highest BCUT2D eigenvalue weighted by atomic mass is 16.5. The Hall–Kier alpha value is -1.06. The number of nitrogens with zero attached hydrogens (tertiary/aromatic N) is 1. The Labute approximate surface area is 141 Å². The number of methoxy groups -OCH3 is 2. The molecule has 1 saturated heterocycles. The Morgan fingerprint density at radius 2 is 1.91 bits per heavy atom. The third kappa shape index (κ3) is 3.27. The predicted octanol–water partition coefficient (Wildman–Crippen LogP) is 4.09. The van der Waals surface area contributed by atoms with Crippen LogP contribution in [0.3, 0.4) is 0 Å². The molecule has 0 aromatic heterocycles. The number of hydrogen-bond donors (Lipinski definition) is 0. The number of rotatable bonds is 4. The molecule has 3 nitrogen and oxygen atoms in total. The molecular weight excluding hydrogens is 286 g/mol. The van der Waals surface area contributed by atoms with Crippen molar-refractivity contribution in [2.45, 2.75) is 58.6 Å². The van der Waals surface area contributed by atoms with Gasteiger partial charge in [-0.1, -0.05) is 12.5 Å². The summed E-state index contributed by atoms with van der Waals surface area (Å²) in [5, 5.41) is 0. The van der Waals surface area contributed by atoms with Gasteiger partial charge in [-0.05, 0) is 68.8 Å². The minimum absolute atomic E-state index is 0.405. The summed E-state index contributed by atoms with van der Waals surface area (Å²) in [6, 6.07) is 4.48. The van der Waals surface area contributed by atoms with E-state index in [4.69, 9.17) is 9.47 Å². The van der Waals surface area contributed by atoms with Crippen LogP contribution < -0.4 is 4.74 Å². The van der Waals surface area contributed by atoms with Crippen LogP contribution >= 0.6 is 0 Å². The van der Waals surface area contributed by atoms with E-state index in [1.165, 1.54) is 61.9 Å². The minimum Gasteiger partial charge on any atom is -0.496 e. The highest BCUT2D eigenvalue weighted by Crippen LogP contribution is 2.46. The van der Waals surface area contributed by atoms with E-state index in [0.717, 1.165) is 12.3 Å². The first-order valence-corrected chi connectivity index (χ1v) is 8.97. The summed E-state index contributed by atoms with van der Waals surface area (Å²) >= 11 is 0. The minimum atomic E-state index is 0.405. The van der Waals surface area contributed by atoms with Crippen LogP contribution in [0.5, 0.6) is 5.75 Å². The summed E-state index contributed by atoms with van der Waals surface area (Å²) in [7, 11) is 3.65. The molecule has 2 atom stereocenters. The average Bonchev–Trinajstić information content (AvgIpc) is 2.92. The van der Waals surface area contributed by atoms with Gasteiger partial charge in [0, 0.05) is 25.6 Å². The lowest BCUT2D eigenvalue weighted by atomic mass is 9.76. The highest BCUT2D eigenvalue weighted by molar-refractivity contribution is 5.41. The molecule has 1 heterocycles. The van der Waals surface area contributed by atoms with E-state index >= 15 is 0 Å². The fraction of sp³-hybridized carbons (Fsp3) is 0.700. The van der Waals surface area contributed by atoms with Crippen molar-refractivity contribution in [3.8, 4) is 5.75 Å². The topological polar surface area (TPSA) is 21.7 Å². The van der Waals surface area contributed by atoms with Gasteiger partial charge in [-0.2, -0.15) is 0 Å². The van der Waals surface area contributed by atoms with Gasteiger partial charge in [-0.15, -0.1) is 0 Å². The van der Waals surface area contributed by atoms with E-state index in [9.17, 15) is 0 Å². The second-order valence-corrected chi connectivity index (χ2v) is 7.54. The van der Waals surface area contributed by atoms with Crippen LogP contribution in [0.25, 0.3) is 0 Å². The molecule has 1 saturated carbocycles. The van der Waals surface area contributed by atoms with Gasteiger partial charge in [0.25, 0.3) is 0 Å². The predicted molar refractivity (Wildman–Crippen MR) is 94.1 cm³/mol. The number of ether oxygens (including phenoxy) is 2. The van der Waals surface area contributed by atoms with E-state index in [-0.39, 0.29) is 0 Å². The highest BCUT2D eigenvalue weighted by Gasteiger charge is 2.45. The molecule has 1 aliphatic carbocycles. The molecule has 2 fully saturated rings.